The Kier molecular flexibility index (Phi) is 36.0. The van der Waals surface area contributed by atoms with Gasteiger partial charge >= 0.3 is 16.1 Å². The van der Waals surface area contributed by atoms with Crippen LogP contribution >= 0.6 is 0 Å². The lowest BCUT2D eigenvalue weighted by Gasteiger charge is -2.42. The number of aromatic nitrogens is 3. The van der Waals surface area contributed by atoms with Gasteiger partial charge in [-0.15, -0.1) is 5.10 Å². The normalized spacial score (nSPS) is 18.9. The van der Waals surface area contributed by atoms with Gasteiger partial charge in [-0.05, 0) is 86.1 Å². The molecule has 2 fully saturated rings. The number of ether oxygens (including phenoxy) is 7. The smallest absolute Gasteiger partial charge is 0.339 e. The first kappa shape index (κ1) is 98.8. The predicted molar refractivity (Wildman–Crippen MR) is 451 cm³/mol. The van der Waals surface area contributed by atoms with Crippen molar-refractivity contribution in [3.05, 3.63) is 154 Å². The molecule has 1 aromatic heterocycles. The number of aryl methyl sites for hydroxylation is 1. The average molecular weight is 1760 g/mol. The maximum atomic E-state index is 15.3. The minimum atomic E-state index is -5.02. The Balaban J connectivity index is 0.906. The van der Waals surface area contributed by atoms with E-state index < -0.39 is 151 Å². The summed E-state index contributed by atoms with van der Waals surface area (Å²) in [5.41, 5.74) is 2.85. The van der Waals surface area contributed by atoms with Gasteiger partial charge in [-0.25, -0.2) is 17.9 Å². The van der Waals surface area contributed by atoms with E-state index in [0.717, 1.165) is 17.2 Å². The van der Waals surface area contributed by atoms with Crippen molar-refractivity contribution in [2.45, 2.75) is 210 Å². The number of methoxy groups -OCH3 is 4. The van der Waals surface area contributed by atoms with Crippen molar-refractivity contribution >= 4 is 66.9 Å². The highest BCUT2D eigenvalue weighted by molar-refractivity contribution is 7.91. The van der Waals surface area contributed by atoms with Gasteiger partial charge in [0, 0.05) is 101 Å². The molecule has 2 aliphatic heterocycles. The topological polar surface area (TPSA) is 441 Å². The molecule has 35 heteroatoms. The van der Waals surface area contributed by atoms with Gasteiger partial charge in [-0.1, -0.05) is 120 Å². The monoisotopic (exact) mass is 1750 g/mol. The van der Waals surface area contributed by atoms with Crippen molar-refractivity contribution in [1.29, 1.82) is 0 Å². The summed E-state index contributed by atoms with van der Waals surface area (Å²) in [5, 5.41) is 66.0. The van der Waals surface area contributed by atoms with E-state index in [1.165, 1.54) is 93.8 Å². The van der Waals surface area contributed by atoms with Crippen LogP contribution in [0.1, 0.15) is 153 Å². The van der Waals surface area contributed by atoms with Crippen molar-refractivity contribution in [2.75, 3.05) is 81.7 Å². The zero-order valence-electron chi connectivity index (χ0n) is 72.6. The number of sulfone groups is 1. The number of hydrogen-bond donors (Lipinski definition) is 7. The Hall–Kier alpha value is -9.66. The van der Waals surface area contributed by atoms with Crippen LogP contribution in [-0.2, 0) is 88.9 Å². The van der Waals surface area contributed by atoms with Crippen molar-refractivity contribution in [2.24, 2.45) is 29.6 Å². The molecule has 33 nitrogen and oxygen atoms in total. The van der Waals surface area contributed by atoms with Crippen LogP contribution in [0.3, 0.4) is 0 Å². The minimum Gasteiger partial charge on any atom is -0.496 e. The number of hydrogen-bond acceptors (Lipinski definition) is 26. The molecule has 5 aromatic carbocycles. The number of carbonyl (C=O) groups is 8. The van der Waals surface area contributed by atoms with Crippen LogP contribution in [0, 0.1) is 36.5 Å². The van der Waals surface area contributed by atoms with E-state index in [1.807, 2.05) is 68.6 Å². The molecular formula is C88H121N8O25S2+. The van der Waals surface area contributed by atoms with Crippen LogP contribution in [0.2, 0.25) is 0 Å². The lowest BCUT2D eigenvalue weighted by Crippen LogP contribution is -2.60. The number of carboxylic acid groups (broad SMARTS) is 1. The van der Waals surface area contributed by atoms with Crippen LogP contribution < -0.4 is 29.0 Å². The summed E-state index contributed by atoms with van der Waals surface area (Å²) in [6.07, 6.45) is -7.63. The van der Waals surface area contributed by atoms with Gasteiger partial charge in [-0.2, -0.15) is 8.42 Å². The number of likely N-dealkylation sites (tertiary alicyclic amines) is 1. The number of ketones is 3. The highest BCUT2D eigenvalue weighted by atomic mass is 32.2. The molecule has 3 unspecified atom stereocenters. The summed E-state index contributed by atoms with van der Waals surface area (Å²) < 4.78 is 104. The van der Waals surface area contributed by atoms with Crippen LogP contribution in [0.5, 0.6) is 23.0 Å². The number of aliphatic carboxylic acids is 1. The van der Waals surface area contributed by atoms with E-state index >= 15 is 9.59 Å². The second-order valence-corrected chi connectivity index (χ2v) is 36.5. The van der Waals surface area contributed by atoms with Crippen molar-refractivity contribution in [3.8, 4) is 23.0 Å². The van der Waals surface area contributed by atoms with Gasteiger partial charge in [0.1, 0.15) is 59.1 Å². The fraction of sp³-hybridized carbons (Fsp3) is 0.545. The Morgan fingerprint density at radius 2 is 1.37 bits per heavy atom. The number of nitrogens with one attached hydrogen (secondary N) is 2. The summed E-state index contributed by atoms with van der Waals surface area (Å²) in [6.45, 7) is 14.9. The minimum absolute atomic E-state index is 0.00121. The molecular weight excluding hydrogens is 1630 g/mol. The third kappa shape index (κ3) is 25.8. The molecule has 0 aliphatic carbocycles. The molecule has 8 rings (SSSR count). The molecule has 0 spiro atoms. The molecule has 0 saturated carbocycles. The molecule has 2 saturated heterocycles. The number of quaternary nitrogens is 1. The second-order valence-electron chi connectivity index (χ2n) is 32.8. The maximum Gasteiger partial charge on any atom is 0.339 e. The largest absolute Gasteiger partial charge is 0.496 e. The number of carbonyl (C=O) groups excluding carboxylic acids is 7. The molecule has 3 heterocycles. The summed E-state index contributed by atoms with van der Waals surface area (Å²) >= 11 is 0. The van der Waals surface area contributed by atoms with E-state index in [-0.39, 0.29) is 150 Å². The first-order chi connectivity index (χ1) is 58.2. The Morgan fingerprint density at radius 3 is 1.98 bits per heavy atom. The lowest BCUT2D eigenvalue weighted by atomic mass is 9.83. The lowest BCUT2D eigenvalue weighted by molar-refractivity contribution is -0.922. The van der Waals surface area contributed by atoms with Gasteiger partial charge < -0.3 is 87.8 Å². The van der Waals surface area contributed by atoms with E-state index in [2.05, 4.69) is 20.9 Å². The number of aliphatic hydroxyl groups is 4. The highest BCUT2D eigenvalue weighted by Gasteiger charge is 2.48. The van der Waals surface area contributed by atoms with Crippen LogP contribution in [0.25, 0.3) is 0 Å². The number of carboxylic acids is 1. The van der Waals surface area contributed by atoms with Gasteiger partial charge in [-0.3, -0.25) is 33.6 Å². The van der Waals surface area contributed by atoms with E-state index in [9.17, 15) is 71.1 Å². The van der Waals surface area contributed by atoms with E-state index in [0.29, 0.717) is 37.1 Å². The van der Waals surface area contributed by atoms with Gasteiger partial charge in [0.15, 0.2) is 44.7 Å². The maximum absolute atomic E-state index is 15.3. The second kappa shape index (κ2) is 44.8. The van der Waals surface area contributed by atoms with E-state index in [4.69, 9.17) is 37.3 Å². The fourth-order valence-corrected chi connectivity index (χ4v) is 18.3. The SMILES string of the molecule is CCC(C)[C@@H]([C@@H](CC(=O)N1CCC[C@H]1[C@H](OC)[C@@H](C)C(=O)NC(Cc1ccccc1)C(=O)O)OC)N(C)C(=O)[C@@H](CC(=O)[C@H](C(C)C)[N+](C)(C)Cc1c(OC)cc(S(=O)(=O)Oc2cc(C(=O)CCCOCCn3cc(CNC(=O)c4ccc(C(=O)CCS(=O)(=O)c5ccc(C)cc5)cc4)nn3)ccc2OC2O[C@H](CO)[C@H](O)[C@H](O)[C@H]2O)cc1OC)C(C)C. The fourth-order valence-electron chi connectivity index (χ4n) is 16.1. The highest BCUT2D eigenvalue weighted by Crippen LogP contribution is 2.41. The van der Waals surface area contributed by atoms with Crippen molar-refractivity contribution in [1.82, 2.24) is 35.4 Å². The molecule has 0 bridgehead atoms. The molecule has 0 radical (unpaired) electrons. The summed E-state index contributed by atoms with van der Waals surface area (Å²) in [6, 6.07) is 23.9. The summed E-state index contributed by atoms with van der Waals surface area (Å²) in [5.74, 6) is -7.97. The predicted octanol–water partition coefficient (Wildman–Crippen LogP) is 6.77. The quantitative estimate of drug-likeness (QED) is 0.00896. The average Bonchev–Trinajstić information content (AvgIpc) is 1.45. The van der Waals surface area contributed by atoms with Crippen LogP contribution in [0.15, 0.2) is 125 Å². The Bertz CT molecular complexity index is 4790. The molecule has 2 aliphatic rings. The summed E-state index contributed by atoms with van der Waals surface area (Å²) in [4.78, 5) is 114. The van der Waals surface area contributed by atoms with Crippen LogP contribution in [0.4, 0.5) is 0 Å². The number of aliphatic hydroxyl groups excluding tert-OH is 4. The zero-order valence-corrected chi connectivity index (χ0v) is 74.3. The zero-order chi connectivity index (χ0) is 90.5. The molecule has 123 heavy (non-hydrogen) atoms. The molecule has 6 aromatic rings. The van der Waals surface area contributed by atoms with Gasteiger partial charge in [0.05, 0.1) is 114 Å². The third-order valence-corrected chi connectivity index (χ3v) is 26.0. The Morgan fingerprint density at radius 1 is 0.732 bits per heavy atom. The van der Waals surface area contributed by atoms with Crippen molar-refractivity contribution in [3.63, 3.8) is 0 Å². The molecule has 7 N–H and O–H groups in total. The number of amides is 4. The number of rotatable bonds is 48. The van der Waals surface area contributed by atoms with Crippen LogP contribution in [-0.4, -0.2) is 267 Å². The van der Waals surface area contributed by atoms with Gasteiger partial charge in [0.25, 0.3) is 5.91 Å². The van der Waals surface area contributed by atoms with E-state index in [1.54, 1.807) is 66.4 Å². The molecule has 674 valence electrons. The first-order valence-electron chi connectivity index (χ1n) is 41.3. The standard InChI is InChI=1S/C88H120N8O25S2/c1-16-55(7)78(75(116-14)47-77(101)95-37-20-24-67(95)83(117-15)56(8)84(105)90-66(87(108)109)42-57-22-18-17-19-23-57)93(9)86(107)64(52(2)3)46-70(100)79(53(4)5)96(10,11)50-65-72(114-12)44-63(45-73(65)115-13)123(112,113)121-74-43-60(32-35-71(74)119-88-82(104)81(103)80(102)76(51-97)120-88)68(98)25-21-39-118-40-38-94-49-61(91-92-94)48-89-85(106)59-30-28-58(29-31-59)69(99)36-41-122(110,111)62-33-26-54(6)27-34-62/h17-19,22-23,26-35,43-45,49,52-53,55-56,64,66-67,75-76,78-83,88,97,102-104H,16,20-21,24-25,36-42,46-48,50-51H2,1-15H3,(H2-,89,90,105,106,108,109)/p+1/t55?,56-,64+,66?,67+,75-,76-,78+,79+,80+,81+,82-,83-,88?/m1/s1. The molecule has 4 amide bonds. The number of benzene rings is 5. The third-order valence-electron chi connectivity index (χ3n) is 23.0. The number of nitrogens with zero attached hydrogens (tertiary/aromatic N) is 6. The van der Waals surface area contributed by atoms with Gasteiger partial charge in [0.2, 0.25) is 24.0 Å². The Labute approximate surface area is 719 Å². The molecule has 14 atom stereocenters. The number of Topliss-reactive ketones (excluding diaryl/α,β-unsaturated/α-hetero) is 3. The van der Waals surface area contributed by atoms with Crippen molar-refractivity contribution < 1.29 is 123 Å². The number of likely N-dealkylation sites (N-methyl/N-ethyl adjacent to an activating group) is 2. The first-order valence-corrected chi connectivity index (χ1v) is 44.3. The summed E-state index contributed by atoms with van der Waals surface area (Å²) in [7, 11) is 2.16.